The Morgan fingerprint density at radius 1 is 0.489 bits per heavy atom. The highest BCUT2D eigenvalue weighted by atomic mass is 19.4. The second-order valence-electron chi connectivity index (χ2n) is 13.8. The van der Waals surface area contributed by atoms with Crippen LogP contribution in [0.1, 0.15) is 43.0 Å². The summed E-state index contributed by atoms with van der Waals surface area (Å²) in [7, 11) is -3.41. The third-order valence-corrected chi connectivity index (χ3v) is 11.1. The molecule has 3 aliphatic carbocycles. The fourth-order valence-corrected chi connectivity index (χ4v) is 8.62. The second-order valence-corrected chi connectivity index (χ2v) is 13.8. The topological polar surface area (TPSA) is 80.9 Å². The maximum absolute atomic E-state index is 15.8. The molecule has 9 heteroatoms. The predicted octanol–water partition coefficient (Wildman–Crippen LogP) is 6.16. The maximum atomic E-state index is 15.8. The minimum atomic E-state index is -4.66. The van der Waals surface area contributed by atoms with Crippen LogP contribution in [0.25, 0.3) is 66.1 Å². The van der Waals surface area contributed by atoms with E-state index in [1.165, 1.54) is 6.92 Å². The Bertz CT molecular complexity index is 2400. The highest BCUT2D eigenvalue weighted by Crippen LogP contribution is 2.61. The van der Waals surface area contributed by atoms with E-state index in [2.05, 4.69) is 0 Å². The Balaban J connectivity index is 1.36. The van der Waals surface area contributed by atoms with Crippen molar-refractivity contribution in [1.29, 1.82) is 0 Å². The number of fused-ring (bicyclic) bond motifs is 8. The Morgan fingerprint density at radius 2 is 0.872 bits per heavy atom. The van der Waals surface area contributed by atoms with Gasteiger partial charge in [-0.05, 0) is 130 Å². The molecule has 230 valence electrons. The molecular formula is C38H27B2F3O4. The van der Waals surface area contributed by atoms with Gasteiger partial charge in [0, 0.05) is 5.41 Å². The minimum absolute atomic E-state index is 0.177. The molecule has 6 aromatic carbocycles. The lowest BCUT2D eigenvalue weighted by atomic mass is 9.58. The van der Waals surface area contributed by atoms with Gasteiger partial charge in [-0.25, -0.2) is 0 Å². The van der Waals surface area contributed by atoms with E-state index in [4.69, 9.17) is 0 Å². The summed E-state index contributed by atoms with van der Waals surface area (Å²) >= 11 is 0. The van der Waals surface area contributed by atoms with Gasteiger partial charge in [-0.3, -0.25) is 0 Å². The molecule has 0 aliphatic heterocycles. The first-order valence-corrected chi connectivity index (χ1v) is 15.5. The average Bonchev–Trinajstić information content (AvgIpc) is 3.52. The lowest BCUT2D eigenvalue weighted by Gasteiger charge is -2.46. The lowest BCUT2D eigenvalue weighted by Crippen LogP contribution is -2.47. The molecule has 0 saturated carbocycles. The molecule has 4 N–H and O–H groups in total. The summed E-state index contributed by atoms with van der Waals surface area (Å²) < 4.78 is 47.4. The monoisotopic (exact) mass is 626 g/mol. The molecule has 0 amide bonds. The molecule has 47 heavy (non-hydrogen) atoms. The highest BCUT2D eigenvalue weighted by molar-refractivity contribution is 6.59. The molecule has 6 aromatic rings. The summed E-state index contributed by atoms with van der Waals surface area (Å²) in [5, 5.41) is 43.5. The molecule has 0 spiro atoms. The van der Waals surface area contributed by atoms with Crippen LogP contribution in [0.4, 0.5) is 13.2 Å². The zero-order valence-corrected chi connectivity index (χ0v) is 25.7. The van der Waals surface area contributed by atoms with Crippen molar-refractivity contribution >= 4 is 46.7 Å². The molecule has 0 bridgehead atoms. The quantitative estimate of drug-likeness (QED) is 0.174. The summed E-state index contributed by atoms with van der Waals surface area (Å²) in [6, 6.07) is 25.3. The van der Waals surface area contributed by atoms with E-state index in [0.717, 1.165) is 49.4 Å². The van der Waals surface area contributed by atoms with Crippen LogP contribution in [-0.4, -0.2) is 40.5 Å². The largest absolute Gasteiger partial charge is 0.488 e. The zero-order valence-electron chi connectivity index (χ0n) is 25.7. The SMILES string of the molecule is CC1(C)c2cc3c(cc2C(C)(C(F)(F)F)c2cc4c(cc21)-c1cccc2cc(B(O)O)cc-4c12)-c1cccc2cc(B(O)O)cc-3c12. The molecule has 4 nitrogen and oxygen atoms in total. The van der Waals surface area contributed by atoms with Crippen molar-refractivity contribution in [2.24, 2.45) is 0 Å². The Morgan fingerprint density at radius 3 is 1.26 bits per heavy atom. The van der Waals surface area contributed by atoms with Gasteiger partial charge in [0.1, 0.15) is 5.41 Å². The number of hydrogen-bond acceptors (Lipinski definition) is 4. The molecule has 0 aromatic heterocycles. The first kappa shape index (κ1) is 28.8. The van der Waals surface area contributed by atoms with Crippen LogP contribution in [-0.2, 0) is 10.8 Å². The van der Waals surface area contributed by atoms with Gasteiger partial charge in [0.15, 0.2) is 0 Å². The van der Waals surface area contributed by atoms with E-state index >= 15 is 13.2 Å². The van der Waals surface area contributed by atoms with E-state index in [1.807, 2.05) is 62.4 Å². The Hall–Kier alpha value is -4.40. The van der Waals surface area contributed by atoms with Gasteiger partial charge in [0.25, 0.3) is 0 Å². The van der Waals surface area contributed by atoms with Crippen LogP contribution in [0.3, 0.4) is 0 Å². The lowest BCUT2D eigenvalue weighted by molar-refractivity contribution is -0.174. The zero-order chi connectivity index (χ0) is 32.9. The first-order chi connectivity index (χ1) is 22.2. The van der Waals surface area contributed by atoms with Crippen molar-refractivity contribution in [2.75, 3.05) is 0 Å². The van der Waals surface area contributed by atoms with E-state index in [-0.39, 0.29) is 16.6 Å². The number of rotatable bonds is 2. The standard InChI is InChI=1S/C38H27B2F3O4/c1-36(2)30-14-24-22-8-4-6-18-10-21(40(46)47)13-29(34(18)22)27(24)17-33(30)37(3,38(41,42)43)32-16-25-23-9-5-7-19-11-20(39(44)45)12-28(35(19)23)26(25)15-31(32)36/h4-17,44-47H,1-3H3. The van der Waals surface area contributed by atoms with Gasteiger partial charge in [-0.15, -0.1) is 0 Å². The smallest absolute Gasteiger partial charge is 0.423 e. The number of hydrogen-bond donors (Lipinski definition) is 4. The van der Waals surface area contributed by atoms with Gasteiger partial charge in [0.2, 0.25) is 0 Å². The summed E-state index contributed by atoms with van der Waals surface area (Å²) in [5.41, 5.74) is 4.99. The fourth-order valence-electron chi connectivity index (χ4n) is 8.62. The second kappa shape index (κ2) is 8.94. The molecule has 0 heterocycles. The van der Waals surface area contributed by atoms with E-state index in [1.54, 1.807) is 36.4 Å². The molecule has 3 aliphatic rings. The van der Waals surface area contributed by atoms with Crippen molar-refractivity contribution in [1.82, 2.24) is 0 Å². The number of alkyl halides is 3. The van der Waals surface area contributed by atoms with Gasteiger partial charge < -0.3 is 20.1 Å². The summed E-state index contributed by atoms with van der Waals surface area (Å²) in [4.78, 5) is 0. The minimum Gasteiger partial charge on any atom is -0.423 e. The van der Waals surface area contributed by atoms with E-state index in [0.29, 0.717) is 33.3 Å². The normalized spacial score (nSPS) is 17.8. The summed E-state index contributed by atoms with van der Waals surface area (Å²) in [6.45, 7) is 5.20. The van der Waals surface area contributed by atoms with Crippen LogP contribution in [0, 0.1) is 0 Å². The average molecular weight is 626 g/mol. The van der Waals surface area contributed by atoms with Crippen molar-refractivity contribution in [3.63, 3.8) is 0 Å². The molecular weight excluding hydrogens is 599 g/mol. The molecule has 0 fully saturated rings. The molecule has 1 unspecified atom stereocenters. The van der Waals surface area contributed by atoms with Gasteiger partial charge >= 0.3 is 20.4 Å². The van der Waals surface area contributed by atoms with Crippen molar-refractivity contribution in [3.8, 4) is 44.5 Å². The Kier molecular flexibility index (Phi) is 5.47. The van der Waals surface area contributed by atoms with Gasteiger partial charge in [-0.1, -0.05) is 74.5 Å². The van der Waals surface area contributed by atoms with E-state index < -0.39 is 31.2 Å². The molecule has 0 saturated heterocycles. The van der Waals surface area contributed by atoms with Crippen molar-refractivity contribution in [3.05, 3.63) is 107 Å². The number of halogens is 3. The fraction of sp³-hybridized carbons (Fsp3) is 0.158. The van der Waals surface area contributed by atoms with Gasteiger partial charge in [-0.2, -0.15) is 13.2 Å². The first-order valence-electron chi connectivity index (χ1n) is 15.5. The van der Waals surface area contributed by atoms with Crippen molar-refractivity contribution in [2.45, 2.75) is 37.8 Å². The third kappa shape index (κ3) is 3.50. The van der Waals surface area contributed by atoms with Gasteiger partial charge in [0.05, 0.1) is 0 Å². The highest BCUT2D eigenvalue weighted by Gasteiger charge is 2.59. The van der Waals surface area contributed by atoms with Crippen LogP contribution < -0.4 is 10.9 Å². The van der Waals surface area contributed by atoms with Crippen LogP contribution >= 0.6 is 0 Å². The molecule has 1 atom stereocenters. The summed E-state index contributed by atoms with van der Waals surface area (Å²) in [5.74, 6) is 0. The Labute approximate surface area is 269 Å². The number of benzene rings is 6. The van der Waals surface area contributed by atoms with Crippen LogP contribution in [0.2, 0.25) is 0 Å². The summed E-state index contributed by atoms with van der Waals surface area (Å²) in [6.07, 6.45) is -4.66. The van der Waals surface area contributed by atoms with Crippen LogP contribution in [0.5, 0.6) is 0 Å². The van der Waals surface area contributed by atoms with Crippen molar-refractivity contribution < 1.29 is 33.3 Å². The van der Waals surface area contributed by atoms with Crippen LogP contribution in [0.15, 0.2) is 84.9 Å². The molecule has 9 rings (SSSR count). The predicted molar refractivity (Wildman–Crippen MR) is 181 cm³/mol. The molecule has 0 radical (unpaired) electrons. The third-order valence-electron chi connectivity index (χ3n) is 11.1. The maximum Gasteiger partial charge on any atom is 0.488 e. The van der Waals surface area contributed by atoms with E-state index in [9.17, 15) is 20.1 Å².